The third-order valence-electron chi connectivity index (χ3n) is 3.49. The summed E-state index contributed by atoms with van der Waals surface area (Å²) >= 11 is 3.38. The molecule has 1 aromatic carbocycles. The van der Waals surface area contributed by atoms with Gasteiger partial charge in [-0.25, -0.2) is 0 Å². The van der Waals surface area contributed by atoms with Gasteiger partial charge in [0.15, 0.2) is 0 Å². The smallest absolute Gasteiger partial charge is 0.307 e. The Morgan fingerprint density at radius 3 is 2.73 bits per heavy atom. The van der Waals surface area contributed by atoms with E-state index in [0.29, 0.717) is 5.69 Å². The highest BCUT2D eigenvalue weighted by atomic mass is 32.2. The van der Waals surface area contributed by atoms with Crippen LogP contribution in [0.25, 0.3) is 0 Å². The number of amides is 1. The van der Waals surface area contributed by atoms with E-state index in [0.717, 1.165) is 23.3 Å². The largest absolute Gasteiger partial charge is 0.481 e. The molecule has 22 heavy (non-hydrogen) atoms. The lowest BCUT2D eigenvalue weighted by molar-refractivity contribution is -0.136. The molecule has 3 rings (SSSR count). The van der Waals surface area contributed by atoms with E-state index in [9.17, 15) is 9.59 Å². The number of hydrogen-bond acceptors (Lipinski definition) is 4. The number of aryl methyl sites for hydroxylation is 1. The average Bonchev–Trinajstić information content (AvgIpc) is 2.97. The number of rotatable bonds is 4. The van der Waals surface area contributed by atoms with Crippen molar-refractivity contribution in [3.8, 4) is 0 Å². The van der Waals surface area contributed by atoms with E-state index in [1.54, 1.807) is 47.4 Å². The van der Waals surface area contributed by atoms with Crippen molar-refractivity contribution < 1.29 is 14.7 Å². The van der Waals surface area contributed by atoms with Crippen molar-refractivity contribution in [1.82, 2.24) is 0 Å². The minimum atomic E-state index is -0.861. The van der Waals surface area contributed by atoms with Gasteiger partial charge in [0.1, 0.15) is 5.25 Å². The molecule has 0 saturated carbocycles. The molecule has 1 atom stereocenters. The third kappa shape index (κ3) is 3.34. The van der Waals surface area contributed by atoms with Crippen molar-refractivity contribution in [2.24, 2.45) is 0 Å². The number of carbonyl (C=O) groups excluding carboxylic acids is 1. The fourth-order valence-corrected chi connectivity index (χ4v) is 4.74. The number of carboxylic acids is 1. The Morgan fingerprint density at radius 2 is 2.00 bits per heavy atom. The molecule has 0 spiro atoms. The summed E-state index contributed by atoms with van der Waals surface area (Å²) in [6, 6.07) is 8.99. The first kappa shape index (κ1) is 15.1. The Morgan fingerprint density at radius 1 is 1.23 bits per heavy atom. The summed E-state index contributed by atoms with van der Waals surface area (Å²) < 4.78 is 0. The number of aliphatic carboxylic acids is 1. The van der Waals surface area contributed by atoms with Crippen molar-refractivity contribution in [2.75, 3.05) is 11.1 Å². The molecule has 0 radical (unpaired) electrons. The van der Waals surface area contributed by atoms with Crippen LogP contribution in [0.15, 0.2) is 35.7 Å². The van der Waals surface area contributed by atoms with Crippen molar-refractivity contribution in [3.05, 3.63) is 51.7 Å². The molecule has 1 amide bonds. The second-order valence-corrected chi connectivity index (χ2v) is 7.27. The monoisotopic (exact) mass is 333 g/mol. The van der Waals surface area contributed by atoms with Gasteiger partial charge in [0, 0.05) is 10.6 Å². The normalized spacial score (nSPS) is 16.8. The zero-order valence-corrected chi connectivity index (χ0v) is 13.4. The van der Waals surface area contributed by atoms with Gasteiger partial charge in [0.05, 0.1) is 6.42 Å². The number of carboxylic acid groups (broad SMARTS) is 1. The van der Waals surface area contributed by atoms with Crippen LogP contribution in [-0.2, 0) is 22.4 Å². The molecule has 114 valence electrons. The molecule has 1 unspecified atom stereocenters. The number of carbonyl (C=O) groups is 2. The van der Waals surface area contributed by atoms with E-state index in [-0.39, 0.29) is 17.6 Å². The van der Waals surface area contributed by atoms with E-state index < -0.39 is 5.97 Å². The third-order valence-corrected chi connectivity index (χ3v) is 5.73. The van der Waals surface area contributed by atoms with Crippen molar-refractivity contribution >= 4 is 40.7 Å². The van der Waals surface area contributed by atoms with E-state index in [1.807, 2.05) is 11.4 Å². The molecule has 0 bridgehead atoms. The summed E-state index contributed by atoms with van der Waals surface area (Å²) in [4.78, 5) is 24.4. The predicted octanol–water partition coefficient (Wildman–Crippen LogP) is 3.34. The van der Waals surface area contributed by atoms with Crippen LogP contribution in [0, 0.1) is 0 Å². The number of nitrogens with one attached hydrogen (secondary N) is 1. The van der Waals surface area contributed by atoms with Crippen molar-refractivity contribution in [1.29, 1.82) is 0 Å². The summed E-state index contributed by atoms with van der Waals surface area (Å²) in [5.74, 6) is 0.0825. The molecule has 6 heteroatoms. The Kier molecular flexibility index (Phi) is 4.49. The van der Waals surface area contributed by atoms with Gasteiger partial charge in [-0.2, -0.15) is 0 Å². The maximum Gasteiger partial charge on any atom is 0.307 e. The molecule has 0 aliphatic carbocycles. The first-order chi connectivity index (χ1) is 10.6. The van der Waals surface area contributed by atoms with Gasteiger partial charge in [-0.3, -0.25) is 9.59 Å². The van der Waals surface area contributed by atoms with Crippen LogP contribution < -0.4 is 5.32 Å². The molecular weight excluding hydrogens is 318 g/mol. The first-order valence-corrected chi connectivity index (χ1v) is 8.86. The van der Waals surface area contributed by atoms with Crippen LogP contribution >= 0.6 is 23.1 Å². The molecule has 2 heterocycles. The molecule has 1 aromatic heterocycles. The Hall–Kier alpha value is -1.79. The molecule has 0 saturated heterocycles. The SMILES string of the molecule is O=C(O)Cc1ccc(NC(=O)C2SCCc3sccc32)cc1. The zero-order valence-electron chi connectivity index (χ0n) is 11.7. The summed E-state index contributed by atoms with van der Waals surface area (Å²) in [6.45, 7) is 0. The van der Waals surface area contributed by atoms with Gasteiger partial charge >= 0.3 is 5.97 Å². The highest BCUT2D eigenvalue weighted by Gasteiger charge is 2.27. The van der Waals surface area contributed by atoms with E-state index >= 15 is 0 Å². The minimum Gasteiger partial charge on any atom is -0.481 e. The number of anilines is 1. The minimum absolute atomic E-state index is 0.00896. The average molecular weight is 333 g/mol. The maximum absolute atomic E-state index is 12.5. The summed E-state index contributed by atoms with van der Waals surface area (Å²) in [5.41, 5.74) is 2.54. The summed E-state index contributed by atoms with van der Waals surface area (Å²) in [7, 11) is 0. The molecule has 4 nitrogen and oxygen atoms in total. The van der Waals surface area contributed by atoms with E-state index in [4.69, 9.17) is 5.11 Å². The lowest BCUT2D eigenvalue weighted by Gasteiger charge is -2.21. The van der Waals surface area contributed by atoms with Gasteiger partial charge < -0.3 is 10.4 Å². The Bertz CT molecular complexity index is 694. The number of thioether (sulfide) groups is 1. The van der Waals surface area contributed by atoms with E-state index in [2.05, 4.69) is 5.32 Å². The number of fused-ring (bicyclic) bond motifs is 1. The standard InChI is InChI=1S/C16H15NO3S2/c18-14(19)9-10-1-3-11(4-2-10)17-16(20)15-12-5-7-21-13(12)6-8-22-15/h1-5,7,15H,6,8-9H2,(H,17,20)(H,18,19). The number of benzene rings is 1. The molecule has 2 N–H and O–H groups in total. The van der Waals surface area contributed by atoms with Crippen LogP contribution in [0.3, 0.4) is 0 Å². The molecule has 1 aliphatic rings. The van der Waals surface area contributed by atoms with Gasteiger partial charge in [0.25, 0.3) is 0 Å². The van der Waals surface area contributed by atoms with Crippen LogP contribution in [-0.4, -0.2) is 22.7 Å². The van der Waals surface area contributed by atoms with Gasteiger partial charge in [-0.05, 0) is 46.9 Å². The maximum atomic E-state index is 12.5. The predicted molar refractivity (Wildman–Crippen MR) is 89.6 cm³/mol. The number of thiophene rings is 1. The first-order valence-electron chi connectivity index (χ1n) is 6.93. The highest BCUT2D eigenvalue weighted by molar-refractivity contribution is 8.00. The Balaban J connectivity index is 1.69. The highest BCUT2D eigenvalue weighted by Crippen LogP contribution is 2.39. The van der Waals surface area contributed by atoms with Gasteiger partial charge in [0.2, 0.25) is 5.91 Å². The Labute approximate surface area is 136 Å². The van der Waals surface area contributed by atoms with E-state index in [1.165, 1.54) is 4.88 Å². The quantitative estimate of drug-likeness (QED) is 0.900. The lowest BCUT2D eigenvalue weighted by atomic mass is 10.1. The second kappa shape index (κ2) is 6.54. The fraction of sp³-hybridized carbons (Fsp3) is 0.250. The summed E-state index contributed by atoms with van der Waals surface area (Å²) in [6.07, 6.45) is 1.02. The van der Waals surface area contributed by atoms with Crippen LogP contribution in [0.5, 0.6) is 0 Å². The van der Waals surface area contributed by atoms with Crippen LogP contribution in [0.4, 0.5) is 5.69 Å². The molecule has 1 aliphatic heterocycles. The van der Waals surface area contributed by atoms with Crippen LogP contribution in [0.1, 0.15) is 21.3 Å². The lowest BCUT2D eigenvalue weighted by Crippen LogP contribution is -2.22. The summed E-state index contributed by atoms with van der Waals surface area (Å²) in [5, 5.41) is 13.6. The molecule has 2 aromatic rings. The van der Waals surface area contributed by atoms with Crippen molar-refractivity contribution in [2.45, 2.75) is 18.1 Å². The van der Waals surface area contributed by atoms with Gasteiger partial charge in [-0.15, -0.1) is 23.1 Å². The topological polar surface area (TPSA) is 66.4 Å². The molecular formula is C16H15NO3S2. The fourth-order valence-electron chi connectivity index (χ4n) is 2.45. The van der Waals surface area contributed by atoms with Crippen molar-refractivity contribution in [3.63, 3.8) is 0 Å². The zero-order chi connectivity index (χ0) is 15.5. The van der Waals surface area contributed by atoms with Gasteiger partial charge in [-0.1, -0.05) is 12.1 Å². The second-order valence-electron chi connectivity index (χ2n) is 5.06. The van der Waals surface area contributed by atoms with Crippen LogP contribution in [0.2, 0.25) is 0 Å². The molecule has 0 fully saturated rings. The number of hydrogen-bond donors (Lipinski definition) is 2.